The van der Waals surface area contributed by atoms with Crippen LogP contribution in [0.2, 0.25) is 5.02 Å². The molecule has 8 heteroatoms. The van der Waals surface area contributed by atoms with Crippen LogP contribution >= 0.6 is 23.4 Å². The van der Waals surface area contributed by atoms with Gasteiger partial charge in [-0.1, -0.05) is 18.5 Å². The minimum Gasteiger partial charge on any atom is -0.373 e. The molecule has 118 valence electrons. The van der Waals surface area contributed by atoms with E-state index in [2.05, 4.69) is 10.3 Å². The van der Waals surface area contributed by atoms with E-state index in [1.54, 1.807) is 37.9 Å². The van der Waals surface area contributed by atoms with Crippen molar-refractivity contribution in [1.82, 2.24) is 9.88 Å². The molecule has 0 saturated carbocycles. The van der Waals surface area contributed by atoms with E-state index >= 15 is 0 Å². The molecule has 0 aromatic carbocycles. The standard InChI is InChI=1S/C13H20ClN3O2S2/c1-3-21(18,19)13-9-20-7-6-17(13)8-11-10(14)4-5-12(15-2)16-11/h4-5,13H,3,6-9H2,1-2H3,(H,15,16). The zero-order chi connectivity index (χ0) is 15.5. The summed E-state index contributed by atoms with van der Waals surface area (Å²) in [6.45, 7) is 2.88. The lowest BCUT2D eigenvalue weighted by atomic mass is 10.3. The Morgan fingerprint density at radius 1 is 1.52 bits per heavy atom. The molecule has 2 heterocycles. The van der Waals surface area contributed by atoms with E-state index in [-0.39, 0.29) is 5.75 Å². The van der Waals surface area contributed by atoms with Gasteiger partial charge in [0.1, 0.15) is 11.2 Å². The summed E-state index contributed by atoms with van der Waals surface area (Å²) >= 11 is 7.88. The Morgan fingerprint density at radius 2 is 2.29 bits per heavy atom. The highest BCUT2D eigenvalue weighted by Gasteiger charge is 2.33. The van der Waals surface area contributed by atoms with Gasteiger partial charge in [0.25, 0.3) is 0 Å². The van der Waals surface area contributed by atoms with Gasteiger partial charge in [-0.2, -0.15) is 11.8 Å². The van der Waals surface area contributed by atoms with Crippen molar-refractivity contribution in [1.29, 1.82) is 0 Å². The molecule has 0 amide bonds. The summed E-state index contributed by atoms with van der Waals surface area (Å²) < 4.78 is 24.5. The van der Waals surface area contributed by atoms with Crippen LogP contribution in [0.3, 0.4) is 0 Å². The highest BCUT2D eigenvalue weighted by atomic mass is 35.5. The third-order valence-corrected chi connectivity index (χ3v) is 7.21. The fourth-order valence-corrected chi connectivity index (χ4v) is 5.49. The van der Waals surface area contributed by atoms with Crippen molar-refractivity contribution < 1.29 is 8.42 Å². The molecule has 0 aliphatic carbocycles. The van der Waals surface area contributed by atoms with Gasteiger partial charge in [-0.25, -0.2) is 13.4 Å². The third-order valence-electron chi connectivity index (χ3n) is 3.54. The van der Waals surface area contributed by atoms with Gasteiger partial charge < -0.3 is 5.32 Å². The summed E-state index contributed by atoms with van der Waals surface area (Å²) in [7, 11) is -1.31. The smallest absolute Gasteiger partial charge is 0.166 e. The molecule has 5 nitrogen and oxygen atoms in total. The Balaban J connectivity index is 2.23. The average molecular weight is 350 g/mol. The molecular formula is C13H20ClN3O2S2. The Bertz CT molecular complexity index is 595. The number of thioether (sulfide) groups is 1. The van der Waals surface area contributed by atoms with Gasteiger partial charge >= 0.3 is 0 Å². The van der Waals surface area contributed by atoms with Crippen LogP contribution in [0.4, 0.5) is 5.82 Å². The van der Waals surface area contributed by atoms with Crippen LogP contribution < -0.4 is 5.32 Å². The number of hydrogen-bond donors (Lipinski definition) is 1. The maximum Gasteiger partial charge on any atom is 0.166 e. The Morgan fingerprint density at radius 3 is 2.95 bits per heavy atom. The second-order valence-corrected chi connectivity index (χ2v) is 8.83. The molecule has 1 aromatic rings. The summed E-state index contributed by atoms with van der Waals surface area (Å²) in [6.07, 6.45) is 0. The fourth-order valence-electron chi connectivity index (χ4n) is 2.25. The summed E-state index contributed by atoms with van der Waals surface area (Å²) in [5, 5.41) is 3.10. The van der Waals surface area contributed by atoms with Crippen LogP contribution in [0.1, 0.15) is 12.6 Å². The fraction of sp³-hybridized carbons (Fsp3) is 0.615. The molecule has 0 spiro atoms. The van der Waals surface area contributed by atoms with Crippen molar-refractivity contribution in [2.24, 2.45) is 0 Å². The summed E-state index contributed by atoms with van der Waals surface area (Å²) in [5.74, 6) is 2.43. The molecule has 1 unspecified atom stereocenters. The number of pyridine rings is 1. The van der Waals surface area contributed by atoms with Crippen LogP contribution in [0, 0.1) is 0 Å². The number of nitrogens with zero attached hydrogens (tertiary/aromatic N) is 2. The van der Waals surface area contributed by atoms with E-state index in [1.165, 1.54) is 0 Å². The topological polar surface area (TPSA) is 62.3 Å². The Hall–Kier alpha value is -0.500. The van der Waals surface area contributed by atoms with Gasteiger partial charge in [0.2, 0.25) is 0 Å². The molecule has 1 aliphatic heterocycles. The molecular weight excluding hydrogens is 330 g/mol. The van der Waals surface area contributed by atoms with E-state index in [4.69, 9.17) is 11.6 Å². The number of sulfone groups is 1. The molecule has 1 aromatic heterocycles. The molecule has 1 aliphatic rings. The zero-order valence-electron chi connectivity index (χ0n) is 12.2. The van der Waals surface area contributed by atoms with Gasteiger partial charge in [-0.15, -0.1) is 0 Å². The van der Waals surface area contributed by atoms with Gasteiger partial charge in [0.05, 0.1) is 10.7 Å². The third kappa shape index (κ3) is 4.03. The zero-order valence-corrected chi connectivity index (χ0v) is 14.6. The van der Waals surface area contributed by atoms with Gasteiger partial charge in [-0.05, 0) is 12.1 Å². The monoisotopic (exact) mass is 349 g/mol. The van der Waals surface area contributed by atoms with Crippen molar-refractivity contribution in [2.45, 2.75) is 18.8 Å². The van der Waals surface area contributed by atoms with E-state index in [1.807, 2.05) is 4.90 Å². The molecule has 1 saturated heterocycles. The lowest BCUT2D eigenvalue weighted by Gasteiger charge is -2.34. The molecule has 21 heavy (non-hydrogen) atoms. The predicted octanol–water partition coefficient (Wildman–Crippen LogP) is 2.09. The normalized spacial score (nSPS) is 20.4. The first-order valence-electron chi connectivity index (χ1n) is 6.84. The second-order valence-electron chi connectivity index (χ2n) is 4.83. The Labute approximate surface area is 135 Å². The van der Waals surface area contributed by atoms with Gasteiger partial charge in [-0.3, -0.25) is 4.90 Å². The van der Waals surface area contributed by atoms with E-state index in [0.717, 1.165) is 18.1 Å². The van der Waals surface area contributed by atoms with E-state index in [9.17, 15) is 8.42 Å². The Kier molecular flexibility index (Phi) is 5.76. The number of halogens is 1. The van der Waals surface area contributed by atoms with Crippen LogP contribution in [0.5, 0.6) is 0 Å². The number of hydrogen-bond acceptors (Lipinski definition) is 6. The van der Waals surface area contributed by atoms with Crippen molar-refractivity contribution in [3.8, 4) is 0 Å². The first kappa shape index (κ1) is 16.9. The predicted molar refractivity (Wildman–Crippen MR) is 89.8 cm³/mol. The van der Waals surface area contributed by atoms with Crippen molar-refractivity contribution in [3.05, 3.63) is 22.8 Å². The first-order chi connectivity index (χ1) is 9.97. The van der Waals surface area contributed by atoms with Gasteiger partial charge in [0.15, 0.2) is 9.84 Å². The molecule has 1 N–H and O–H groups in total. The maximum atomic E-state index is 12.2. The average Bonchev–Trinajstić information content (AvgIpc) is 2.50. The molecule has 0 bridgehead atoms. The molecule has 0 radical (unpaired) electrons. The van der Waals surface area contributed by atoms with Crippen LogP contribution in [0.25, 0.3) is 0 Å². The van der Waals surface area contributed by atoms with E-state index < -0.39 is 15.2 Å². The number of aromatic nitrogens is 1. The lowest BCUT2D eigenvalue weighted by molar-refractivity contribution is 0.259. The summed E-state index contributed by atoms with van der Waals surface area (Å²) in [5.41, 5.74) is 0.715. The van der Waals surface area contributed by atoms with Crippen LogP contribution in [0.15, 0.2) is 12.1 Å². The molecule has 2 rings (SSSR count). The van der Waals surface area contributed by atoms with Crippen molar-refractivity contribution >= 4 is 39.0 Å². The SMILES string of the molecule is CCS(=O)(=O)C1CSCCN1Cc1nc(NC)ccc1Cl. The van der Waals surface area contributed by atoms with Crippen LogP contribution in [-0.2, 0) is 16.4 Å². The first-order valence-corrected chi connectivity index (χ1v) is 10.1. The van der Waals surface area contributed by atoms with Gasteiger partial charge in [0, 0.05) is 37.4 Å². The minimum atomic E-state index is -3.10. The van der Waals surface area contributed by atoms with Crippen LogP contribution in [-0.4, -0.2) is 54.5 Å². The van der Waals surface area contributed by atoms with Crippen molar-refractivity contribution in [3.63, 3.8) is 0 Å². The minimum absolute atomic E-state index is 0.159. The highest BCUT2D eigenvalue weighted by Crippen LogP contribution is 2.25. The molecule has 1 atom stereocenters. The largest absolute Gasteiger partial charge is 0.373 e. The van der Waals surface area contributed by atoms with Crippen molar-refractivity contribution in [2.75, 3.05) is 36.2 Å². The second kappa shape index (κ2) is 7.17. The summed E-state index contributed by atoms with van der Waals surface area (Å²) in [4.78, 5) is 6.42. The highest BCUT2D eigenvalue weighted by molar-refractivity contribution is 8.01. The summed E-state index contributed by atoms with van der Waals surface area (Å²) in [6, 6.07) is 3.59. The van der Waals surface area contributed by atoms with E-state index in [0.29, 0.717) is 23.0 Å². The number of rotatable bonds is 5. The maximum absolute atomic E-state index is 12.2. The number of anilines is 1. The quantitative estimate of drug-likeness (QED) is 0.878. The molecule has 1 fully saturated rings. The number of nitrogens with one attached hydrogen (secondary N) is 1. The lowest BCUT2D eigenvalue weighted by Crippen LogP contribution is -2.47.